The highest BCUT2D eigenvalue weighted by molar-refractivity contribution is 7.89. The molecule has 1 amide bonds. The molecule has 0 radical (unpaired) electrons. The van der Waals surface area contributed by atoms with E-state index in [1.807, 2.05) is 18.2 Å². The van der Waals surface area contributed by atoms with Gasteiger partial charge in [-0.2, -0.15) is 4.31 Å². The van der Waals surface area contributed by atoms with Crippen LogP contribution in [-0.2, 0) is 27.7 Å². The summed E-state index contributed by atoms with van der Waals surface area (Å²) in [7, 11) is 1.19. The Labute approximate surface area is 195 Å². The Morgan fingerprint density at radius 1 is 0.909 bits per heavy atom. The number of hydrogen-bond donors (Lipinski definition) is 1. The van der Waals surface area contributed by atoms with Crippen LogP contribution in [0.5, 0.6) is 17.2 Å². The van der Waals surface area contributed by atoms with E-state index in [0.29, 0.717) is 55.3 Å². The van der Waals surface area contributed by atoms with Crippen molar-refractivity contribution < 1.29 is 27.4 Å². The van der Waals surface area contributed by atoms with Crippen LogP contribution in [0.1, 0.15) is 30.4 Å². The Morgan fingerprint density at radius 2 is 1.58 bits per heavy atom. The molecule has 1 aliphatic rings. The highest BCUT2D eigenvalue weighted by atomic mass is 32.2. The number of rotatable bonds is 11. The van der Waals surface area contributed by atoms with Gasteiger partial charge in [0, 0.05) is 26.1 Å². The summed E-state index contributed by atoms with van der Waals surface area (Å²) in [4.78, 5) is 12.6. The van der Waals surface area contributed by atoms with Crippen LogP contribution in [0.4, 0.5) is 0 Å². The van der Waals surface area contributed by atoms with Gasteiger partial charge in [0.05, 0.1) is 26.2 Å². The molecule has 2 aromatic rings. The van der Waals surface area contributed by atoms with Crippen LogP contribution in [0.3, 0.4) is 0 Å². The molecule has 0 atom stereocenters. The summed E-state index contributed by atoms with van der Waals surface area (Å²) in [5.74, 6) is 1.78. The van der Waals surface area contributed by atoms with Gasteiger partial charge in [0.2, 0.25) is 15.9 Å². The molecule has 0 spiro atoms. The van der Waals surface area contributed by atoms with Gasteiger partial charge >= 0.3 is 0 Å². The molecule has 0 saturated carbocycles. The molecule has 180 valence electrons. The highest BCUT2D eigenvalue weighted by Gasteiger charge is 2.27. The summed E-state index contributed by atoms with van der Waals surface area (Å²) in [5.41, 5.74) is 1.72. The van der Waals surface area contributed by atoms with Crippen LogP contribution >= 0.6 is 0 Å². The zero-order chi connectivity index (χ0) is 23.8. The van der Waals surface area contributed by atoms with Crippen molar-refractivity contribution in [2.75, 3.05) is 41.0 Å². The van der Waals surface area contributed by atoms with Gasteiger partial charge < -0.3 is 19.5 Å². The number of sulfonamides is 1. The molecule has 1 saturated heterocycles. The molecule has 8 nitrogen and oxygen atoms in total. The van der Waals surface area contributed by atoms with E-state index in [2.05, 4.69) is 5.32 Å². The summed E-state index contributed by atoms with van der Waals surface area (Å²) >= 11 is 0. The Balaban J connectivity index is 1.57. The van der Waals surface area contributed by atoms with Crippen LogP contribution in [0, 0.1) is 0 Å². The summed E-state index contributed by atoms with van der Waals surface area (Å²) in [6.45, 7) is 1.58. The Kier molecular flexibility index (Phi) is 8.57. The predicted octanol–water partition coefficient (Wildman–Crippen LogP) is 2.79. The number of benzene rings is 2. The number of hydrogen-bond acceptors (Lipinski definition) is 6. The zero-order valence-electron chi connectivity index (χ0n) is 19.4. The molecular weight excluding hydrogens is 444 g/mol. The fourth-order valence-corrected chi connectivity index (χ4v) is 5.48. The summed E-state index contributed by atoms with van der Waals surface area (Å²) in [5, 5.41) is 2.92. The largest absolute Gasteiger partial charge is 0.496 e. The van der Waals surface area contributed by atoms with Gasteiger partial charge in [-0.15, -0.1) is 0 Å². The van der Waals surface area contributed by atoms with Gasteiger partial charge in [0.25, 0.3) is 0 Å². The van der Waals surface area contributed by atoms with Crippen LogP contribution < -0.4 is 19.5 Å². The normalized spacial score (nSPS) is 14.2. The molecule has 1 N–H and O–H groups in total. The summed E-state index contributed by atoms with van der Waals surface area (Å²) in [6, 6.07) is 10.5. The standard InChI is InChI=1S/C24H32N2O6S/c1-30-21-10-8-20(33(28,29)26-14-4-5-15-26)17-19(21)7-11-24(27)25-13-12-18-6-9-22(31-2)23(16-18)32-3/h6,8-10,16-17H,4-5,7,11-15H2,1-3H3,(H,25,27). The van der Waals surface area contributed by atoms with Crippen LogP contribution in [-0.4, -0.2) is 59.6 Å². The van der Waals surface area contributed by atoms with Gasteiger partial charge in [0.15, 0.2) is 11.5 Å². The molecule has 1 aliphatic heterocycles. The molecule has 1 heterocycles. The van der Waals surface area contributed by atoms with Crippen molar-refractivity contribution >= 4 is 15.9 Å². The molecule has 33 heavy (non-hydrogen) atoms. The number of carbonyl (C=O) groups excluding carboxylic acids is 1. The lowest BCUT2D eigenvalue weighted by Crippen LogP contribution is -2.28. The highest BCUT2D eigenvalue weighted by Crippen LogP contribution is 2.28. The third-order valence-electron chi connectivity index (χ3n) is 5.76. The smallest absolute Gasteiger partial charge is 0.243 e. The van der Waals surface area contributed by atoms with Gasteiger partial charge in [-0.25, -0.2) is 8.42 Å². The Bertz CT molecular complexity index is 1060. The SMILES string of the molecule is COc1ccc(S(=O)(=O)N2CCCC2)cc1CCC(=O)NCCc1ccc(OC)c(OC)c1. The molecule has 0 bridgehead atoms. The van der Waals surface area contributed by atoms with Gasteiger partial charge in [-0.1, -0.05) is 6.07 Å². The first-order valence-corrected chi connectivity index (χ1v) is 12.5. The fraction of sp³-hybridized carbons (Fsp3) is 0.458. The van der Waals surface area contributed by atoms with E-state index in [1.165, 1.54) is 11.4 Å². The maximum Gasteiger partial charge on any atom is 0.243 e. The minimum atomic E-state index is -3.52. The minimum Gasteiger partial charge on any atom is -0.496 e. The number of amides is 1. The van der Waals surface area contributed by atoms with E-state index in [9.17, 15) is 13.2 Å². The van der Waals surface area contributed by atoms with Crippen LogP contribution in [0.25, 0.3) is 0 Å². The topological polar surface area (TPSA) is 94.2 Å². The minimum absolute atomic E-state index is 0.106. The monoisotopic (exact) mass is 476 g/mol. The third-order valence-corrected chi connectivity index (χ3v) is 7.65. The Hall–Kier alpha value is -2.78. The van der Waals surface area contributed by atoms with E-state index >= 15 is 0 Å². The predicted molar refractivity (Wildman–Crippen MR) is 126 cm³/mol. The van der Waals surface area contributed by atoms with Crippen LogP contribution in [0.2, 0.25) is 0 Å². The number of nitrogens with zero attached hydrogens (tertiary/aromatic N) is 1. The van der Waals surface area contributed by atoms with E-state index in [-0.39, 0.29) is 17.2 Å². The number of aryl methyl sites for hydroxylation is 1. The first-order chi connectivity index (χ1) is 15.9. The molecule has 2 aromatic carbocycles. The van der Waals surface area contributed by atoms with Crippen LogP contribution in [0.15, 0.2) is 41.3 Å². The van der Waals surface area contributed by atoms with Crippen molar-refractivity contribution in [1.29, 1.82) is 0 Å². The average molecular weight is 477 g/mol. The van der Waals surface area contributed by atoms with E-state index in [1.54, 1.807) is 32.4 Å². The molecule has 0 aromatic heterocycles. The van der Waals surface area contributed by atoms with Gasteiger partial charge in [-0.05, 0) is 67.1 Å². The van der Waals surface area contributed by atoms with Crippen molar-refractivity contribution in [1.82, 2.24) is 9.62 Å². The van der Waals surface area contributed by atoms with Gasteiger partial charge in [0.1, 0.15) is 5.75 Å². The van der Waals surface area contributed by atoms with Crippen molar-refractivity contribution in [2.24, 2.45) is 0 Å². The second-order valence-corrected chi connectivity index (χ2v) is 9.81. The molecule has 3 rings (SSSR count). The quantitative estimate of drug-likeness (QED) is 0.536. The average Bonchev–Trinajstić information content (AvgIpc) is 3.38. The number of nitrogens with one attached hydrogen (secondary N) is 1. The lowest BCUT2D eigenvalue weighted by atomic mass is 10.1. The zero-order valence-corrected chi connectivity index (χ0v) is 20.2. The van der Waals surface area contributed by atoms with Crippen molar-refractivity contribution in [3.63, 3.8) is 0 Å². The first-order valence-electron chi connectivity index (χ1n) is 11.0. The fourth-order valence-electron chi connectivity index (χ4n) is 3.91. The Morgan fingerprint density at radius 3 is 2.24 bits per heavy atom. The molecule has 0 unspecified atom stereocenters. The molecule has 0 aliphatic carbocycles. The molecular formula is C24H32N2O6S. The third kappa shape index (κ3) is 6.17. The van der Waals surface area contributed by atoms with E-state index in [0.717, 1.165) is 18.4 Å². The molecule has 9 heteroatoms. The van der Waals surface area contributed by atoms with E-state index in [4.69, 9.17) is 14.2 Å². The lowest BCUT2D eigenvalue weighted by molar-refractivity contribution is -0.121. The summed E-state index contributed by atoms with van der Waals surface area (Å²) < 4.78 is 43.2. The second kappa shape index (κ2) is 11.4. The first kappa shape index (κ1) is 24.9. The number of ether oxygens (including phenoxy) is 3. The maximum atomic E-state index is 12.9. The van der Waals surface area contributed by atoms with Gasteiger partial charge in [-0.3, -0.25) is 4.79 Å². The maximum absolute atomic E-state index is 12.9. The van der Waals surface area contributed by atoms with Crippen molar-refractivity contribution in [2.45, 2.75) is 37.0 Å². The summed E-state index contributed by atoms with van der Waals surface area (Å²) in [6.07, 6.45) is 3.03. The molecule has 1 fully saturated rings. The van der Waals surface area contributed by atoms with Crippen molar-refractivity contribution in [3.05, 3.63) is 47.5 Å². The lowest BCUT2D eigenvalue weighted by Gasteiger charge is -2.17. The van der Waals surface area contributed by atoms with E-state index < -0.39 is 10.0 Å². The number of methoxy groups -OCH3 is 3. The van der Waals surface area contributed by atoms with Crippen molar-refractivity contribution in [3.8, 4) is 17.2 Å². The second-order valence-electron chi connectivity index (χ2n) is 7.87. The number of carbonyl (C=O) groups is 1.